The largest absolute Gasteiger partial charge is 0.497 e. The quantitative estimate of drug-likeness (QED) is 0.547. The van der Waals surface area contributed by atoms with Gasteiger partial charge in [0.15, 0.2) is 11.5 Å². The number of carbonyl (C=O) groups is 1. The lowest BCUT2D eigenvalue weighted by Gasteiger charge is -2.20. The molecule has 2 aromatic carbocycles. The van der Waals surface area contributed by atoms with Crippen molar-refractivity contribution in [3.63, 3.8) is 0 Å². The van der Waals surface area contributed by atoms with E-state index in [0.29, 0.717) is 28.6 Å². The highest BCUT2D eigenvalue weighted by molar-refractivity contribution is 7.93. The Morgan fingerprint density at radius 3 is 2.23 bits per heavy atom. The zero-order valence-corrected chi connectivity index (χ0v) is 19.0. The second kappa shape index (κ2) is 9.27. The number of rotatable bonds is 8. The van der Waals surface area contributed by atoms with Gasteiger partial charge < -0.3 is 19.5 Å². The van der Waals surface area contributed by atoms with Crippen LogP contribution in [0.5, 0.6) is 17.2 Å². The van der Waals surface area contributed by atoms with Gasteiger partial charge in [0.25, 0.3) is 15.9 Å². The first kappa shape index (κ1) is 22.4. The van der Waals surface area contributed by atoms with Crippen molar-refractivity contribution in [1.82, 2.24) is 0 Å². The number of nitrogens with one attached hydrogen (secondary N) is 1. The van der Waals surface area contributed by atoms with E-state index < -0.39 is 15.9 Å². The van der Waals surface area contributed by atoms with Crippen LogP contribution in [0.3, 0.4) is 0 Å². The number of amides is 1. The molecule has 1 amide bonds. The summed E-state index contributed by atoms with van der Waals surface area (Å²) >= 11 is 1.05. The van der Waals surface area contributed by atoms with Gasteiger partial charge in [-0.15, -0.1) is 11.3 Å². The minimum Gasteiger partial charge on any atom is -0.497 e. The van der Waals surface area contributed by atoms with Gasteiger partial charge in [-0.1, -0.05) is 0 Å². The summed E-state index contributed by atoms with van der Waals surface area (Å²) in [7, 11) is 2.01. The smallest absolute Gasteiger partial charge is 0.267 e. The monoisotopic (exact) mass is 462 g/mol. The van der Waals surface area contributed by atoms with E-state index in [9.17, 15) is 13.2 Å². The van der Waals surface area contributed by atoms with Gasteiger partial charge in [-0.25, -0.2) is 8.42 Å². The Bertz CT molecular complexity index is 1170. The Kier molecular flexibility index (Phi) is 6.71. The average Bonchev–Trinajstić information content (AvgIpc) is 3.29. The van der Waals surface area contributed by atoms with Gasteiger partial charge in [-0.3, -0.25) is 9.10 Å². The topological polar surface area (TPSA) is 94.2 Å². The van der Waals surface area contributed by atoms with Crippen LogP contribution in [-0.2, 0) is 10.0 Å². The van der Waals surface area contributed by atoms with Crippen LogP contribution >= 0.6 is 11.3 Å². The van der Waals surface area contributed by atoms with Crippen LogP contribution < -0.4 is 23.8 Å². The summed E-state index contributed by atoms with van der Waals surface area (Å²) < 4.78 is 43.1. The Labute approximate surface area is 185 Å². The normalized spacial score (nSPS) is 11.0. The van der Waals surface area contributed by atoms with Crippen LogP contribution in [-0.4, -0.2) is 42.7 Å². The maximum Gasteiger partial charge on any atom is 0.267 e. The third-order valence-electron chi connectivity index (χ3n) is 4.55. The van der Waals surface area contributed by atoms with Crippen molar-refractivity contribution >= 4 is 38.6 Å². The van der Waals surface area contributed by atoms with Gasteiger partial charge in [-0.2, -0.15) is 0 Å². The predicted octanol–water partition coefficient (Wildman–Crippen LogP) is 3.85. The summed E-state index contributed by atoms with van der Waals surface area (Å²) in [6.45, 7) is 0. The van der Waals surface area contributed by atoms with Gasteiger partial charge in [0.2, 0.25) is 0 Å². The van der Waals surface area contributed by atoms with Gasteiger partial charge >= 0.3 is 0 Å². The molecule has 1 N–H and O–H groups in total. The maximum absolute atomic E-state index is 13.2. The van der Waals surface area contributed by atoms with E-state index in [-0.39, 0.29) is 9.77 Å². The number of hydrogen-bond donors (Lipinski definition) is 1. The molecule has 0 atom stereocenters. The van der Waals surface area contributed by atoms with E-state index in [1.807, 2.05) is 0 Å². The molecule has 3 aromatic rings. The third-order valence-corrected chi connectivity index (χ3v) is 7.42. The molecule has 0 saturated heterocycles. The molecule has 8 nitrogen and oxygen atoms in total. The summed E-state index contributed by atoms with van der Waals surface area (Å²) in [6.07, 6.45) is 0. The van der Waals surface area contributed by atoms with Gasteiger partial charge in [0, 0.05) is 18.8 Å². The van der Waals surface area contributed by atoms with Crippen molar-refractivity contribution in [3.05, 3.63) is 58.8 Å². The number of methoxy groups -OCH3 is 3. The molecule has 0 aliphatic heterocycles. The third kappa shape index (κ3) is 4.59. The molecule has 164 valence electrons. The Balaban J connectivity index is 1.87. The highest BCUT2D eigenvalue weighted by Gasteiger charge is 2.28. The van der Waals surface area contributed by atoms with Crippen LogP contribution in [0.15, 0.2) is 58.8 Å². The maximum atomic E-state index is 13.2. The SMILES string of the molecule is COc1ccc(N(C)S(=O)(=O)c2ccsc2C(=O)Nc2ccc(OC)c(OC)c2)cc1. The van der Waals surface area contributed by atoms with Crippen molar-refractivity contribution in [3.8, 4) is 17.2 Å². The molecule has 10 heteroatoms. The first-order chi connectivity index (χ1) is 14.8. The van der Waals surface area contributed by atoms with Crippen LogP contribution in [0.4, 0.5) is 11.4 Å². The fraction of sp³-hybridized carbons (Fsp3) is 0.190. The predicted molar refractivity (Wildman–Crippen MR) is 120 cm³/mol. The number of ether oxygens (including phenoxy) is 3. The second-order valence-corrected chi connectivity index (χ2v) is 9.16. The van der Waals surface area contributed by atoms with Crippen molar-refractivity contribution < 1.29 is 27.4 Å². The highest BCUT2D eigenvalue weighted by atomic mass is 32.2. The van der Waals surface area contributed by atoms with Crippen LogP contribution in [0, 0.1) is 0 Å². The van der Waals surface area contributed by atoms with Crippen molar-refractivity contribution in [2.24, 2.45) is 0 Å². The van der Waals surface area contributed by atoms with Crippen molar-refractivity contribution in [1.29, 1.82) is 0 Å². The van der Waals surface area contributed by atoms with Crippen LogP contribution in [0.25, 0.3) is 0 Å². The number of hydrogen-bond acceptors (Lipinski definition) is 7. The molecule has 0 aliphatic carbocycles. The zero-order chi connectivity index (χ0) is 22.6. The lowest BCUT2D eigenvalue weighted by molar-refractivity contribution is 0.102. The van der Waals surface area contributed by atoms with Crippen LogP contribution in [0.2, 0.25) is 0 Å². The summed E-state index contributed by atoms with van der Waals surface area (Å²) in [4.78, 5) is 12.9. The lowest BCUT2D eigenvalue weighted by atomic mass is 10.2. The average molecular weight is 463 g/mol. The number of nitrogens with zero attached hydrogens (tertiary/aromatic N) is 1. The van der Waals surface area contributed by atoms with Crippen molar-refractivity contribution in [2.45, 2.75) is 4.90 Å². The molecule has 0 unspecified atom stereocenters. The standard InChI is InChI=1S/C21H22N2O6S2/c1-23(15-6-8-16(27-2)9-7-15)31(25,26)19-11-12-30-20(19)21(24)22-14-5-10-17(28-3)18(13-14)29-4/h5-13H,1-4H3,(H,22,24). The van der Waals surface area contributed by atoms with Gasteiger partial charge in [-0.05, 0) is 47.8 Å². The summed E-state index contributed by atoms with van der Waals surface area (Å²) in [5.74, 6) is 1.03. The van der Waals surface area contributed by atoms with E-state index in [1.165, 1.54) is 34.4 Å². The fourth-order valence-corrected chi connectivity index (χ4v) is 5.34. The van der Waals surface area contributed by atoms with Gasteiger partial charge in [0.1, 0.15) is 15.5 Å². The molecular weight excluding hydrogens is 440 g/mol. The molecule has 31 heavy (non-hydrogen) atoms. The molecule has 0 radical (unpaired) electrons. The number of anilines is 2. The van der Waals surface area contributed by atoms with E-state index in [4.69, 9.17) is 14.2 Å². The minimum atomic E-state index is -3.96. The minimum absolute atomic E-state index is 0.0752. The number of thiophene rings is 1. The van der Waals surface area contributed by atoms with Gasteiger partial charge in [0.05, 0.1) is 27.0 Å². The molecule has 3 rings (SSSR count). The molecule has 0 saturated carbocycles. The molecule has 1 heterocycles. The second-order valence-electron chi connectivity index (χ2n) is 6.31. The van der Waals surface area contributed by atoms with Crippen molar-refractivity contribution in [2.75, 3.05) is 38.0 Å². The summed E-state index contributed by atoms with van der Waals surface area (Å²) in [5, 5.41) is 4.28. The molecular formula is C21H22N2O6S2. The molecule has 1 aromatic heterocycles. The lowest BCUT2D eigenvalue weighted by Crippen LogP contribution is -2.28. The fourth-order valence-electron chi connectivity index (χ4n) is 2.85. The van der Waals surface area contributed by atoms with E-state index in [2.05, 4.69) is 5.32 Å². The molecule has 0 aliphatic rings. The van der Waals surface area contributed by atoms with E-state index >= 15 is 0 Å². The number of sulfonamides is 1. The number of benzene rings is 2. The van der Waals surface area contributed by atoms with E-state index in [0.717, 1.165) is 15.6 Å². The molecule has 0 spiro atoms. The summed E-state index contributed by atoms with van der Waals surface area (Å²) in [6, 6.07) is 12.9. The Hall–Kier alpha value is -3.24. The Morgan fingerprint density at radius 1 is 0.935 bits per heavy atom. The highest BCUT2D eigenvalue weighted by Crippen LogP contribution is 2.32. The number of carbonyl (C=O) groups excluding carboxylic acids is 1. The Morgan fingerprint density at radius 2 is 1.61 bits per heavy atom. The first-order valence-electron chi connectivity index (χ1n) is 9.05. The molecule has 0 fully saturated rings. The van der Waals surface area contributed by atoms with Crippen LogP contribution in [0.1, 0.15) is 9.67 Å². The zero-order valence-electron chi connectivity index (χ0n) is 17.4. The molecule has 0 bridgehead atoms. The first-order valence-corrected chi connectivity index (χ1v) is 11.4. The summed E-state index contributed by atoms with van der Waals surface area (Å²) in [5.41, 5.74) is 0.890. The van der Waals surface area contributed by atoms with E-state index in [1.54, 1.807) is 47.8 Å².